The van der Waals surface area contributed by atoms with E-state index >= 15 is 0 Å². The van der Waals surface area contributed by atoms with E-state index in [0.717, 1.165) is 12.1 Å². The van der Waals surface area contributed by atoms with Crippen molar-refractivity contribution in [3.63, 3.8) is 0 Å². The summed E-state index contributed by atoms with van der Waals surface area (Å²) in [4.78, 5) is 46.9. The molecule has 0 spiro atoms. The average molecular weight is 476 g/mol. The number of benzene rings is 1. The molecule has 0 aliphatic carbocycles. The van der Waals surface area contributed by atoms with Crippen molar-refractivity contribution in [1.29, 1.82) is 0 Å². The maximum Gasteiger partial charge on any atom is 0.329 e. The molecule has 1 aromatic carbocycles. The molecule has 1 aromatic rings. The fraction of sp³-hybridized carbons (Fsp3) is 0.500. The van der Waals surface area contributed by atoms with E-state index in [1.807, 2.05) is 0 Å². The molecule has 2 atom stereocenters. The normalized spacial score (nSPS) is 18.3. The van der Waals surface area contributed by atoms with Crippen molar-refractivity contribution in [2.24, 2.45) is 5.92 Å². The smallest absolute Gasteiger partial charge is 0.329 e. The molecular formula is C18H22ClN3O8S. The lowest BCUT2D eigenvalue weighted by molar-refractivity contribution is -0.384. The van der Waals surface area contributed by atoms with Crippen LogP contribution >= 0.6 is 11.6 Å². The number of hydrogen-bond acceptors (Lipinski definition) is 8. The number of non-ortho nitro benzene ring substituents is 1. The van der Waals surface area contributed by atoms with E-state index < -0.39 is 57.2 Å². The van der Waals surface area contributed by atoms with Crippen LogP contribution in [0.3, 0.4) is 0 Å². The second-order valence-corrected chi connectivity index (χ2v) is 10.0. The summed E-state index contributed by atoms with van der Waals surface area (Å²) in [6.07, 6.45) is 0.294. The molecule has 1 aliphatic rings. The van der Waals surface area contributed by atoms with Crippen LogP contribution in [0.25, 0.3) is 0 Å². The number of nitrogens with zero attached hydrogens (tertiary/aromatic N) is 1. The number of ether oxygens (including phenoxy) is 1. The highest BCUT2D eigenvalue weighted by molar-refractivity contribution is 7.91. The Morgan fingerprint density at radius 1 is 1.32 bits per heavy atom. The van der Waals surface area contributed by atoms with Crippen molar-refractivity contribution in [2.45, 2.75) is 32.4 Å². The number of halogens is 1. The zero-order chi connectivity index (χ0) is 23.3. The highest BCUT2D eigenvalue weighted by atomic mass is 35.5. The molecule has 2 rings (SSSR count). The molecule has 0 aromatic heterocycles. The van der Waals surface area contributed by atoms with E-state index in [0.29, 0.717) is 6.42 Å². The second-order valence-electron chi connectivity index (χ2n) is 7.39. The molecule has 1 aliphatic heterocycles. The summed E-state index contributed by atoms with van der Waals surface area (Å²) in [7, 11) is -3.17. The Hall–Kier alpha value is -2.73. The first-order chi connectivity index (χ1) is 14.4. The molecule has 2 N–H and O–H groups in total. The lowest BCUT2D eigenvalue weighted by Gasteiger charge is -2.21. The van der Waals surface area contributed by atoms with Crippen LogP contribution in [0.2, 0.25) is 5.02 Å². The van der Waals surface area contributed by atoms with Gasteiger partial charge in [0.2, 0.25) is 0 Å². The van der Waals surface area contributed by atoms with Gasteiger partial charge in [-0.05, 0) is 18.4 Å². The number of hydrogen-bond donors (Lipinski definition) is 2. The Kier molecular flexibility index (Phi) is 7.96. The van der Waals surface area contributed by atoms with Gasteiger partial charge in [0.15, 0.2) is 16.4 Å². The molecule has 0 saturated carbocycles. The van der Waals surface area contributed by atoms with Crippen molar-refractivity contribution in [2.75, 3.05) is 18.1 Å². The molecule has 170 valence electrons. The van der Waals surface area contributed by atoms with Gasteiger partial charge in [-0.2, -0.15) is 0 Å². The van der Waals surface area contributed by atoms with Crippen LogP contribution in [0.5, 0.6) is 0 Å². The van der Waals surface area contributed by atoms with E-state index in [1.165, 1.54) is 6.07 Å². The Labute approximate surface area is 183 Å². The third-order valence-electron chi connectivity index (χ3n) is 4.56. The Balaban J connectivity index is 1.95. The fourth-order valence-electron chi connectivity index (χ4n) is 2.92. The molecule has 0 bridgehead atoms. The van der Waals surface area contributed by atoms with Crippen molar-refractivity contribution < 1.29 is 32.5 Å². The van der Waals surface area contributed by atoms with Crippen LogP contribution < -0.4 is 10.6 Å². The number of carbonyl (C=O) groups excluding carboxylic acids is 3. The van der Waals surface area contributed by atoms with Crippen LogP contribution in [0.15, 0.2) is 18.2 Å². The summed E-state index contributed by atoms with van der Waals surface area (Å²) in [5.74, 6) is -2.83. The molecular weight excluding hydrogens is 454 g/mol. The van der Waals surface area contributed by atoms with Crippen LogP contribution in [-0.2, 0) is 24.2 Å². The highest BCUT2D eigenvalue weighted by Crippen LogP contribution is 2.22. The maximum atomic E-state index is 12.5. The quantitative estimate of drug-likeness (QED) is 0.317. The first-order valence-corrected chi connectivity index (χ1v) is 11.5. The number of nitrogens with one attached hydrogen (secondary N) is 2. The minimum Gasteiger partial charge on any atom is -0.454 e. The van der Waals surface area contributed by atoms with Gasteiger partial charge in [-0.15, -0.1) is 0 Å². The fourth-order valence-corrected chi connectivity index (χ4v) is 4.86. The summed E-state index contributed by atoms with van der Waals surface area (Å²) in [5.41, 5.74) is -0.353. The number of rotatable bonds is 8. The van der Waals surface area contributed by atoms with Crippen molar-refractivity contribution in [3.05, 3.63) is 38.9 Å². The van der Waals surface area contributed by atoms with E-state index in [2.05, 4.69) is 10.6 Å². The molecule has 1 heterocycles. The van der Waals surface area contributed by atoms with E-state index in [4.69, 9.17) is 16.3 Å². The first kappa shape index (κ1) is 24.5. The summed E-state index contributed by atoms with van der Waals surface area (Å²) < 4.78 is 27.8. The predicted molar refractivity (Wildman–Crippen MR) is 110 cm³/mol. The molecule has 11 nitrogen and oxygen atoms in total. The molecule has 2 unspecified atom stereocenters. The number of carbonyl (C=O) groups is 3. The lowest BCUT2D eigenvalue weighted by atomic mass is 10.0. The second kappa shape index (κ2) is 10.1. The van der Waals surface area contributed by atoms with Crippen LogP contribution in [0.4, 0.5) is 5.69 Å². The van der Waals surface area contributed by atoms with Gasteiger partial charge < -0.3 is 15.4 Å². The Bertz CT molecular complexity index is 996. The minimum atomic E-state index is -3.17. The number of esters is 1. The third kappa shape index (κ3) is 6.89. The van der Waals surface area contributed by atoms with E-state index in [9.17, 15) is 32.9 Å². The van der Waals surface area contributed by atoms with Gasteiger partial charge in [-0.3, -0.25) is 19.7 Å². The van der Waals surface area contributed by atoms with Crippen LogP contribution in [-0.4, -0.2) is 61.3 Å². The van der Waals surface area contributed by atoms with E-state index in [-0.39, 0.29) is 27.8 Å². The predicted octanol–water partition coefficient (Wildman–Crippen LogP) is 0.849. The van der Waals surface area contributed by atoms with Gasteiger partial charge in [0.25, 0.3) is 17.5 Å². The largest absolute Gasteiger partial charge is 0.454 e. The average Bonchev–Trinajstić information content (AvgIpc) is 3.01. The minimum absolute atomic E-state index is 0.00953. The molecule has 31 heavy (non-hydrogen) atoms. The maximum absolute atomic E-state index is 12.5. The van der Waals surface area contributed by atoms with E-state index in [1.54, 1.807) is 13.8 Å². The van der Waals surface area contributed by atoms with Gasteiger partial charge in [-0.1, -0.05) is 25.4 Å². The molecule has 1 fully saturated rings. The molecule has 1 saturated heterocycles. The van der Waals surface area contributed by atoms with Crippen LogP contribution in [0.1, 0.15) is 30.6 Å². The van der Waals surface area contributed by atoms with Crippen LogP contribution in [0, 0.1) is 16.0 Å². The number of sulfone groups is 1. The lowest BCUT2D eigenvalue weighted by Crippen LogP contribution is -2.46. The molecule has 0 radical (unpaired) electrons. The highest BCUT2D eigenvalue weighted by Gasteiger charge is 2.30. The van der Waals surface area contributed by atoms with Crippen molar-refractivity contribution in [1.82, 2.24) is 10.6 Å². The Morgan fingerprint density at radius 2 is 2.00 bits per heavy atom. The zero-order valence-corrected chi connectivity index (χ0v) is 18.4. The van der Waals surface area contributed by atoms with Gasteiger partial charge in [0.05, 0.1) is 27.0 Å². The molecule has 2 amide bonds. The SMILES string of the molecule is CC(C)C(NC(=O)c1ccc([N+](=O)[O-])cc1Cl)C(=O)OCC(=O)NC1CCS(=O)(=O)C1. The summed E-state index contributed by atoms with van der Waals surface area (Å²) in [6, 6.07) is 1.66. The van der Waals surface area contributed by atoms with Gasteiger partial charge >= 0.3 is 5.97 Å². The first-order valence-electron chi connectivity index (χ1n) is 9.31. The summed E-state index contributed by atoms with van der Waals surface area (Å²) >= 11 is 5.94. The number of amides is 2. The standard InChI is InChI=1S/C18H22ClN3O8S/c1-10(2)16(21-17(24)13-4-3-12(22(26)27)7-14(13)19)18(25)30-8-15(23)20-11-5-6-31(28,29)9-11/h3-4,7,10-11,16H,5-6,8-9H2,1-2H3,(H,20,23)(H,21,24). The third-order valence-corrected chi connectivity index (χ3v) is 6.64. The van der Waals surface area contributed by atoms with Gasteiger partial charge in [0.1, 0.15) is 6.04 Å². The topological polar surface area (TPSA) is 162 Å². The van der Waals surface area contributed by atoms with Gasteiger partial charge in [-0.25, -0.2) is 13.2 Å². The zero-order valence-electron chi connectivity index (χ0n) is 16.8. The molecule has 13 heteroatoms. The monoisotopic (exact) mass is 475 g/mol. The van der Waals surface area contributed by atoms with Crippen molar-refractivity contribution in [3.8, 4) is 0 Å². The number of nitro benzene ring substituents is 1. The Morgan fingerprint density at radius 3 is 2.52 bits per heavy atom. The van der Waals surface area contributed by atoms with Crippen molar-refractivity contribution >= 4 is 44.9 Å². The number of nitro groups is 1. The summed E-state index contributed by atoms with van der Waals surface area (Å²) in [6.45, 7) is 2.66. The summed E-state index contributed by atoms with van der Waals surface area (Å²) in [5, 5.41) is 15.6. The van der Waals surface area contributed by atoms with Gasteiger partial charge in [0, 0.05) is 18.2 Å².